The van der Waals surface area contributed by atoms with Crippen LogP contribution in [0.15, 0.2) is 48.5 Å². The van der Waals surface area contributed by atoms with Crippen molar-refractivity contribution in [1.29, 1.82) is 0 Å². The van der Waals surface area contributed by atoms with Crippen LogP contribution in [0, 0.1) is 6.92 Å². The van der Waals surface area contributed by atoms with Gasteiger partial charge in [-0.3, -0.25) is 19.7 Å². The molecule has 2 aromatic rings. The van der Waals surface area contributed by atoms with E-state index in [-0.39, 0.29) is 17.7 Å². The van der Waals surface area contributed by atoms with Gasteiger partial charge in [0.2, 0.25) is 17.7 Å². The zero-order valence-electron chi connectivity index (χ0n) is 17.5. The number of benzene rings is 2. The molecule has 0 spiro atoms. The van der Waals surface area contributed by atoms with Crippen molar-refractivity contribution < 1.29 is 19.1 Å². The second kappa shape index (κ2) is 9.57. The first-order valence-electron chi connectivity index (χ1n) is 10.4. The first-order valence-corrected chi connectivity index (χ1v) is 10.4. The summed E-state index contributed by atoms with van der Waals surface area (Å²) >= 11 is 0. The number of piperidine rings is 1. The van der Waals surface area contributed by atoms with E-state index in [2.05, 4.69) is 10.6 Å². The summed E-state index contributed by atoms with van der Waals surface area (Å²) < 4.78 is 5.67. The minimum Gasteiger partial charge on any atom is -0.494 e. The first-order chi connectivity index (χ1) is 14.4. The molecule has 1 aliphatic rings. The SMILES string of the molecule is CCC1(c2ccc(NC(=O)CCCOc3cccc(C)c3)cc2)CCC(=O)NC1=O. The van der Waals surface area contributed by atoms with Crippen molar-refractivity contribution in [2.45, 2.75) is 51.4 Å². The lowest BCUT2D eigenvalue weighted by molar-refractivity contribution is -0.138. The van der Waals surface area contributed by atoms with Gasteiger partial charge in [-0.1, -0.05) is 31.2 Å². The normalized spacial score (nSPS) is 18.6. The van der Waals surface area contributed by atoms with Crippen molar-refractivity contribution in [1.82, 2.24) is 5.32 Å². The van der Waals surface area contributed by atoms with Crippen LogP contribution >= 0.6 is 0 Å². The molecule has 1 aliphatic heterocycles. The molecule has 1 heterocycles. The lowest BCUT2D eigenvalue weighted by atomic mass is 9.72. The van der Waals surface area contributed by atoms with Gasteiger partial charge in [-0.05, 0) is 61.6 Å². The predicted octanol–water partition coefficient (Wildman–Crippen LogP) is 3.88. The van der Waals surface area contributed by atoms with Gasteiger partial charge < -0.3 is 10.1 Å². The summed E-state index contributed by atoms with van der Waals surface area (Å²) in [6.07, 6.45) is 2.42. The third-order valence-electron chi connectivity index (χ3n) is 5.60. The number of amides is 3. The third-order valence-corrected chi connectivity index (χ3v) is 5.60. The van der Waals surface area contributed by atoms with Crippen molar-refractivity contribution in [3.05, 3.63) is 59.7 Å². The molecule has 0 saturated carbocycles. The monoisotopic (exact) mass is 408 g/mol. The molecular formula is C24H28N2O4. The lowest BCUT2D eigenvalue weighted by Crippen LogP contribution is -2.51. The minimum absolute atomic E-state index is 0.0817. The highest BCUT2D eigenvalue weighted by Gasteiger charge is 2.42. The molecule has 1 atom stereocenters. The van der Waals surface area contributed by atoms with Crippen LogP contribution in [0.1, 0.15) is 50.2 Å². The van der Waals surface area contributed by atoms with E-state index in [9.17, 15) is 14.4 Å². The van der Waals surface area contributed by atoms with Crippen LogP contribution in [0.5, 0.6) is 5.75 Å². The van der Waals surface area contributed by atoms with Gasteiger partial charge in [0.05, 0.1) is 12.0 Å². The molecule has 0 aliphatic carbocycles. The molecule has 1 saturated heterocycles. The summed E-state index contributed by atoms with van der Waals surface area (Å²) in [7, 11) is 0. The minimum atomic E-state index is -0.691. The molecule has 3 rings (SSSR count). The second-order valence-corrected chi connectivity index (χ2v) is 7.71. The second-order valence-electron chi connectivity index (χ2n) is 7.71. The zero-order chi connectivity index (χ0) is 21.6. The molecule has 6 heteroatoms. The Labute approximate surface area is 177 Å². The van der Waals surface area contributed by atoms with E-state index in [4.69, 9.17) is 4.74 Å². The van der Waals surface area contributed by atoms with Crippen LogP contribution in [0.25, 0.3) is 0 Å². The van der Waals surface area contributed by atoms with Gasteiger partial charge >= 0.3 is 0 Å². The third kappa shape index (κ3) is 5.06. The smallest absolute Gasteiger partial charge is 0.237 e. The number of aryl methyl sites for hydroxylation is 1. The number of carbonyl (C=O) groups is 3. The van der Waals surface area contributed by atoms with Crippen LogP contribution in [0.3, 0.4) is 0 Å². The van der Waals surface area contributed by atoms with E-state index in [1.165, 1.54) is 0 Å². The van der Waals surface area contributed by atoms with Crippen LogP contribution in [0.2, 0.25) is 0 Å². The Morgan fingerprint density at radius 1 is 1.17 bits per heavy atom. The number of nitrogens with one attached hydrogen (secondary N) is 2. The first kappa shape index (κ1) is 21.6. The highest BCUT2D eigenvalue weighted by molar-refractivity contribution is 6.03. The van der Waals surface area contributed by atoms with Crippen LogP contribution in [0.4, 0.5) is 5.69 Å². The lowest BCUT2D eigenvalue weighted by Gasteiger charge is -2.35. The van der Waals surface area contributed by atoms with Gasteiger partial charge in [0.25, 0.3) is 0 Å². The Kier molecular flexibility index (Phi) is 6.87. The maximum Gasteiger partial charge on any atom is 0.237 e. The molecule has 0 radical (unpaired) electrons. The van der Waals surface area contributed by atoms with Gasteiger partial charge in [0.15, 0.2) is 0 Å². The zero-order valence-corrected chi connectivity index (χ0v) is 17.5. The molecule has 1 fully saturated rings. The topological polar surface area (TPSA) is 84.5 Å². The average molecular weight is 408 g/mol. The van der Waals surface area contributed by atoms with Gasteiger partial charge in [0.1, 0.15) is 5.75 Å². The van der Waals surface area contributed by atoms with Crippen LogP contribution < -0.4 is 15.4 Å². The van der Waals surface area contributed by atoms with Gasteiger partial charge in [-0.15, -0.1) is 0 Å². The number of hydrogen-bond acceptors (Lipinski definition) is 4. The fourth-order valence-corrected chi connectivity index (χ4v) is 3.79. The summed E-state index contributed by atoms with van der Waals surface area (Å²) in [5, 5.41) is 5.33. The molecule has 6 nitrogen and oxygen atoms in total. The van der Waals surface area contributed by atoms with Gasteiger partial charge in [-0.25, -0.2) is 0 Å². The predicted molar refractivity (Wildman–Crippen MR) is 115 cm³/mol. The molecule has 2 N–H and O–H groups in total. The molecule has 3 amide bonds. The van der Waals surface area contributed by atoms with Gasteiger partial charge in [-0.2, -0.15) is 0 Å². The number of hydrogen-bond donors (Lipinski definition) is 2. The number of anilines is 1. The van der Waals surface area contributed by atoms with E-state index in [1.54, 1.807) is 12.1 Å². The number of rotatable bonds is 8. The maximum atomic E-state index is 12.5. The number of imide groups is 1. The standard InChI is InChI=1S/C24H28N2O4/c1-3-24(14-13-22(28)26-23(24)29)18-9-11-19(12-10-18)25-21(27)8-5-15-30-20-7-4-6-17(2)16-20/h4,6-7,9-12,16H,3,5,8,13-15H2,1-2H3,(H,25,27)(H,26,28,29). The number of ether oxygens (including phenoxy) is 1. The average Bonchev–Trinajstić information content (AvgIpc) is 2.73. The molecule has 30 heavy (non-hydrogen) atoms. The molecule has 0 bridgehead atoms. The van der Waals surface area contributed by atoms with Crippen molar-refractivity contribution >= 4 is 23.4 Å². The van der Waals surface area contributed by atoms with E-state index < -0.39 is 5.41 Å². The van der Waals surface area contributed by atoms with Crippen molar-refractivity contribution in [3.63, 3.8) is 0 Å². The fraction of sp³-hybridized carbons (Fsp3) is 0.375. The van der Waals surface area contributed by atoms with Crippen molar-refractivity contribution in [2.75, 3.05) is 11.9 Å². The highest BCUT2D eigenvalue weighted by atomic mass is 16.5. The molecule has 1 unspecified atom stereocenters. The van der Waals surface area contributed by atoms with E-state index in [0.717, 1.165) is 16.9 Å². The Morgan fingerprint density at radius 2 is 1.93 bits per heavy atom. The Balaban J connectivity index is 1.50. The summed E-state index contributed by atoms with van der Waals surface area (Å²) in [4.78, 5) is 36.2. The Hall–Kier alpha value is -3.15. The van der Waals surface area contributed by atoms with Crippen LogP contribution in [-0.2, 0) is 19.8 Å². The fourth-order valence-electron chi connectivity index (χ4n) is 3.79. The summed E-state index contributed by atoms with van der Waals surface area (Å²) in [6.45, 7) is 4.43. The molecule has 158 valence electrons. The summed E-state index contributed by atoms with van der Waals surface area (Å²) in [5.74, 6) is 0.261. The van der Waals surface area contributed by atoms with E-state index in [0.29, 0.717) is 44.4 Å². The molecule has 0 aromatic heterocycles. The van der Waals surface area contributed by atoms with E-state index >= 15 is 0 Å². The summed E-state index contributed by atoms with van der Waals surface area (Å²) in [5.41, 5.74) is 1.99. The number of carbonyl (C=O) groups excluding carboxylic acids is 3. The van der Waals surface area contributed by atoms with Crippen molar-refractivity contribution in [3.8, 4) is 5.75 Å². The summed E-state index contributed by atoms with van der Waals surface area (Å²) in [6, 6.07) is 15.1. The van der Waals surface area contributed by atoms with E-state index in [1.807, 2.05) is 50.2 Å². The molecule has 2 aromatic carbocycles. The van der Waals surface area contributed by atoms with Gasteiger partial charge in [0, 0.05) is 18.5 Å². The highest BCUT2D eigenvalue weighted by Crippen LogP contribution is 2.36. The van der Waals surface area contributed by atoms with Crippen LogP contribution in [-0.4, -0.2) is 24.3 Å². The quantitative estimate of drug-likeness (QED) is 0.513. The molecular weight excluding hydrogens is 380 g/mol. The largest absolute Gasteiger partial charge is 0.494 e. The Bertz CT molecular complexity index is 923. The maximum absolute atomic E-state index is 12.5. The Morgan fingerprint density at radius 3 is 2.60 bits per heavy atom. The van der Waals surface area contributed by atoms with Crippen molar-refractivity contribution in [2.24, 2.45) is 0 Å².